The summed E-state index contributed by atoms with van der Waals surface area (Å²) in [5.41, 5.74) is 9.35. The highest BCUT2D eigenvalue weighted by Gasteiger charge is 2.21. The van der Waals surface area contributed by atoms with Crippen LogP contribution in [-0.2, 0) is 0 Å². The van der Waals surface area contributed by atoms with Crippen LogP contribution >= 0.6 is 0 Å². The van der Waals surface area contributed by atoms with Crippen molar-refractivity contribution in [3.63, 3.8) is 0 Å². The van der Waals surface area contributed by atoms with Gasteiger partial charge in [-0.1, -0.05) is 115 Å². The van der Waals surface area contributed by atoms with E-state index in [-0.39, 0.29) is 0 Å². The number of nitrogens with zero attached hydrogens (tertiary/aromatic N) is 2. The molecule has 10 aromatic rings. The van der Waals surface area contributed by atoms with Gasteiger partial charge in [-0.2, -0.15) is 0 Å². The van der Waals surface area contributed by atoms with Crippen LogP contribution in [0.3, 0.4) is 0 Å². The van der Waals surface area contributed by atoms with E-state index in [4.69, 9.17) is 13.8 Å². The fourth-order valence-corrected chi connectivity index (χ4v) is 7.10. The van der Waals surface area contributed by atoms with Crippen molar-refractivity contribution in [3.05, 3.63) is 170 Å². The molecule has 8 aromatic carbocycles. The molecule has 10 rings (SSSR count). The van der Waals surface area contributed by atoms with Crippen LogP contribution < -0.4 is 4.90 Å². The molecule has 0 fully saturated rings. The summed E-state index contributed by atoms with van der Waals surface area (Å²) in [5.74, 6) is 0.599. The van der Waals surface area contributed by atoms with Gasteiger partial charge in [0.2, 0.25) is 5.89 Å². The van der Waals surface area contributed by atoms with Crippen LogP contribution in [0.2, 0.25) is 0 Å². The lowest BCUT2D eigenvalue weighted by Crippen LogP contribution is -2.10. The van der Waals surface area contributed by atoms with Crippen molar-refractivity contribution < 1.29 is 8.83 Å². The van der Waals surface area contributed by atoms with Crippen LogP contribution in [0.15, 0.2) is 179 Å². The summed E-state index contributed by atoms with van der Waals surface area (Å²) >= 11 is 0. The van der Waals surface area contributed by atoms with E-state index in [0.29, 0.717) is 11.5 Å². The van der Waals surface area contributed by atoms with Crippen LogP contribution in [0.25, 0.3) is 77.2 Å². The Morgan fingerprint density at radius 2 is 1.08 bits per heavy atom. The van der Waals surface area contributed by atoms with Gasteiger partial charge >= 0.3 is 0 Å². The third-order valence-electron chi connectivity index (χ3n) is 9.45. The molecule has 230 valence electrons. The van der Waals surface area contributed by atoms with Crippen LogP contribution in [0.1, 0.15) is 0 Å². The number of fused-ring (bicyclic) bond motifs is 7. The quantitative estimate of drug-likeness (QED) is 0.178. The van der Waals surface area contributed by atoms with Crippen molar-refractivity contribution in [1.82, 2.24) is 4.98 Å². The molecule has 0 amide bonds. The van der Waals surface area contributed by atoms with Crippen molar-refractivity contribution in [2.45, 2.75) is 0 Å². The van der Waals surface area contributed by atoms with Crippen LogP contribution in [-0.4, -0.2) is 4.98 Å². The van der Waals surface area contributed by atoms with Gasteiger partial charge in [-0.15, -0.1) is 0 Å². The lowest BCUT2D eigenvalue weighted by molar-refractivity contribution is 0.617. The molecule has 0 spiro atoms. The van der Waals surface area contributed by atoms with Gasteiger partial charge in [-0.25, -0.2) is 4.98 Å². The van der Waals surface area contributed by atoms with Crippen molar-refractivity contribution in [3.8, 4) is 22.6 Å². The molecule has 0 bridgehead atoms. The lowest BCUT2D eigenvalue weighted by atomic mass is 10.0. The monoisotopic (exact) mass is 628 g/mol. The van der Waals surface area contributed by atoms with E-state index in [0.717, 1.165) is 55.6 Å². The third kappa shape index (κ3) is 4.57. The van der Waals surface area contributed by atoms with Crippen molar-refractivity contribution >= 4 is 71.6 Å². The molecule has 4 nitrogen and oxygen atoms in total. The average Bonchev–Trinajstić information content (AvgIpc) is 3.76. The van der Waals surface area contributed by atoms with Gasteiger partial charge in [-0.3, -0.25) is 0 Å². The minimum absolute atomic E-state index is 0.599. The first-order valence-electron chi connectivity index (χ1n) is 16.5. The molecule has 0 aliphatic rings. The highest BCUT2D eigenvalue weighted by atomic mass is 16.4. The van der Waals surface area contributed by atoms with E-state index in [1.165, 1.54) is 27.1 Å². The van der Waals surface area contributed by atoms with Gasteiger partial charge in [0.15, 0.2) is 11.2 Å². The van der Waals surface area contributed by atoms with Crippen LogP contribution in [0.4, 0.5) is 17.1 Å². The molecule has 0 unspecified atom stereocenters. The Morgan fingerprint density at radius 1 is 0.408 bits per heavy atom. The highest BCUT2D eigenvalue weighted by Crippen LogP contribution is 2.44. The Labute approximate surface area is 282 Å². The molecule has 49 heavy (non-hydrogen) atoms. The fraction of sp³-hybridized carbons (Fsp3) is 0. The first kappa shape index (κ1) is 27.5. The van der Waals surface area contributed by atoms with Crippen LogP contribution in [0, 0.1) is 0 Å². The number of hydrogen-bond acceptors (Lipinski definition) is 4. The Morgan fingerprint density at radius 3 is 1.94 bits per heavy atom. The Kier molecular flexibility index (Phi) is 6.15. The van der Waals surface area contributed by atoms with Crippen molar-refractivity contribution in [1.29, 1.82) is 0 Å². The Bertz CT molecular complexity index is 2830. The number of rotatable bonds is 5. The predicted octanol–water partition coefficient (Wildman–Crippen LogP) is 12.8. The second-order valence-electron chi connectivity index (χ2n) is 12.4. The molecule has 2 aromatic heterocycles. The number of benzene rings is 8. The number of anilines is 3. The number of furan rings is 1. The van der Waals surface area contributed by atoms with E-state index < -0.39 is 0 Å². The maximum absolute atomic E-state index is 6.77. The zero-order valence-electron chi connectivity index (χ0n) is 26.4. The maximum Gasteiger partial charge on any atom is 0.227 e. The van der Waals surface area contributed by atoms with E-state index in [9.17, 15) is 0 Å². The molecule has 0 atom stereocenters. The number of oxazole rings is 1. The molecular formula is C45H28N2O2. The molecule has 0 radical (unpaired) electrons. The molecule has 0 aliphatic carbocycles. The second-order valence-corrected chi connectivity index (χ2v) is 12.4. The topological polar surface area (TPSA) is 42.4 Å². The largest absolute Gasteiger partial charge is 0.454 e. The highest BCUT2D eigenvalue weighted by molar-refractivity contribution is 6.14. The Balaban J connectivity index is 1.20. The van der Waals surface area contributed by atoms with Crippen LogP contribution in [0.5, 0.6) is 0 Å². The van der Waals surface area contributed by atoms with Gasteiger partial charge in [0.25, 0.3) is 0 Å². The van der Waals surface area contributed by atoms with Crippen molar-refractivity contribution in [2.24, 2.45) is 0 Å². The summed E-state index contributed by atoms with van der Waals surface area (Å²) in [4.78, 5) is 7.16. The molecule has 2 heterocycles. The molecule has 0 aliphatic heterocycles. The van der Waals surface area contributed by atoms with Gasteiger partial charge in [-0.05, 0) is 81.2 Å². The lowest BCUT2D eigenvalue weighted by Gasteiger charge is -2.26. The smallest absolute Gasteiger partial charge is 0.227 e. The predicted molar refractivity (Wildman–Crippen MR) is 202 cm³/mol. The molecule has 0 saturated heterocycles. The second kappa shape index (κ2) is 11.0. The van der Waals surface area contributed by atoms with Gasteiger partial charge < -0.3 is 13.7 Å². The maximum atomic E-state index is 6.77. The van der Waals surface area contributed by atoms with E-state index >= 15 is 0 Å². The third-order valence-corrected chi connectivity index (χ3v) is 9.45. The number of para-hydroxylation sites is 1. The average molecular weight is 629 g/mol. The van der Waals surface area contributed by atoms with E-state index in [1.54, 1.807) is 0 Å². The summed E-state index contributed by atoms with van der Waals surface area (Å²) in [6, 6.07) is 59.4. The van der Waals surface area contributed by atoms with Gasteiger partial charge in [0.05, 0.1) is 5.69 Å². The summed E-state index contributed by atoms with van der Waals surface area (Å²) in [6.45, 7) is 0. The van der Waals surface area contributed by atoms with E-state index in [1.807, 2.05) is 36.4 Å². The zero-order valence-corrected chi connectivity index (χ0v) is 26.4. The summed E-state index contributed by atoms with van der Waals surface area (Å²) in [6.07, 6.45) is 0. The first-order chi connectivity index (χ1) is 24.3. The van der Waals surface area contributed by atoms with E-state index in [2.05, 4.69) is 138 Å². The van der Waals surface area contributed by atoms with Gasteiger partial charge in [0, 0.05) is 33.8 Å². The molecule has 4 heteroatoms. The number of hydrogen-bond donors (Lipinski definition) is 0. The summed E-state index contributed by atoms with van der Waals surface area (Å²) in [7, 11) is 0. The zero-order chi connectivity index (χ0) is 32.3. The molecule has 0 N–H and O–H groups in total. The standard InChI is InChI=1S/C45H28N2O2/c1-3-11-29(12-4-1)33-16-9-17-34(25-33)47(35-24-23-31-22-21-30-13-7-8-18-36(30)38(31)26-35)41-20-10-19-37-39-27-40-43(28-42(39)48-44(37)41)49-45(46-40)32-14-5-2-6-15-32/h1-28H. The SMILES string of the molecule is c1ccc(-c2cccc(N(c3ccc4ccc5ccccc5c4c3)c3cccc4c3oc3cc5oc(-c6ccccc6)nc5cc34)c2)cc1. The normalized spacial score (nSPS) is 11.7. The first-order valence-corrected chi connectivity index (χ1v) is 16.5. The number of aromatic nitrogens is 1. The van der Waals surface area contributed by atoms with Crippen molar-refractivity contribution in [2.75, 3.05) is 4.90 Å². The summed E-state index contributed by atoms with van der Waals surface area (Å²) in [5, 5.41) is 6.88. The van der Waals surface area contributed by atoms with Gasteiger partial charge in [0.1, 0.15) is 11.1 Å². The molecule has 0 saturated carbocycles. The minimum atomic E-state index is 0.599. The molecular weight excluding hydrogens is 601 g/mol. The minimum Gasteiger partial charge on any atom is -0.454 e. The Hall–Kier alpha value is -6.65. The summed E-state index contributed by atoms with van der Waals surface area (Å²) < 4.78 is 13.0. The fourth-order valence-electron chi connectivity index (χ4n) is 7.10.